The maximum Gasteiger partial charge on any atom is 0.126 e. The molecule has 5 heteroatoms. The Morgan fingerprint density at radius 3 is 2.71 bits per heavy atom. The summed E-state index contributed by atoms with van der Waals surface area (Å²) in [5.74, 6) is 0.913. The first-order valence-electron chi connectivity index (χ1n) is 6.18. The lowest BCUT2D eigenvalue weighted by Gasteiger charge is -2.32. The van der Waals surface area contributed by atoms with Gasteiger partial charge >= 0.3 is 0 Å². The summed E-state index contributed by atoms with van der Waals surface area (Å²) in [7, 11) is 0. The normalized spacial score (nSPS) is 18.2. The van der Waals surface area contributed by atoms with Gasteiger partial charge < -0.3 is 21.7 Å². The van der Waals surface area contributed by atoms with Crippen LogP contribution in [0.3, 0.4) is 0 Å². The van der Waals surface area contributed by atoms with Crippen molar-refractivity contribution in [3.8, 4) is 0 Å². The van der Waals surface area contributed by atoms with E-state index in [4.69, 9.17) is 11.5 Å². The van der Waals surface area contributed by atoms with Crippen molar-refractivity contribution < 1.29 is 0 Å². The standard InChI is InChI=1S/C12H21N5/c13-5-8-17-6-3-11(4-7-17)16-12-2-1-10(14)9-15-12/h1-2,9,11H,3-8,13-14H2,(H,15,16). The lowest BCUT2D eigenvalue weighted by atomic mass is 10.1. The molecule has 0 bridgehead atoms. The van der Waals surface area contributed by atoms with Crippen molar-refractivity contribution in [3.05, 3.63) is 18.3 Å². The molecule has 1 saturated heterocycles. The number of anilines is 2. The summed E-state index contributed by atoms with van der Waals surface area (Å²) in [4.78, 5) is 6.67. The van der Waals surface area contributed by atoms with Crippen molar-refractivity contribution in [1.82, 2.24) is 9.88 Å². The van der Waals surface area contributed by atoms with E-state index in [1.807, 2.05) is 12.1 Å². The minimum absolute atomic E-state index is 0.514. The number of likely N-dealkylation sites (tertiary alicyclic amines) is 1. The first-order chi connectivity index (χ1) is 8.28. The quantitative estimate of drug-likeness (QED) is 0.708. The van der Waals surface area contributed by atoms with Crippen molar-refractivity contribution >= 4 is 11.5 Å². The van der Waals surface area contributed by atoms with Crippen molar-refractivity contribution in [2.45, 2.75) is 18.9 Å². The fourth-order valence-corrected chi connectivity index (χ4v) is 2.18. The highest BCUT2D eigenvalue weighted by Gasteiger charge is 2.18. The number of hydrogen-bond acceptors (Lipinski definition) is 5. The molecule has 1 fully saturated rings. The molecule has 0 radical (unpaired) electrons. The number of nitrogen functional groups attached to an aromatic ring is 1. The van der Waals surface area contributed by atoms with Crippen molar-refractivity contribution in [2.75, 3.05) is 37.2 Å². The first-order valence-corrected chi connectivity index (χ1v) is 6.18. The molecule has 17 heavy (non-hydrogen) atoms. The zero-order valence-corrected chi connectivity index (χ0v) is 10.1. The molecule has 1 aliphatic rings. The SMILES string of the molecule is NCCN1CCC(Nc2ccc(N)cn2)CC1. The Balaban J connectivity index is 1.79. The molecule has 1 aliphatic heterocycles. The van der Waals surface area contributed by atoms with Crippen LogP contribution in [0.2, 0.25) is 0 Å². The zero-order chi connectivity index (χ0) is 12.1. The number of rotatable bonds is 4. The van der Waals surface area contributed by atoms with E-state index in [-0.39, 0.29) is 0 Å². The Bertz CT molecular complexity index is 329. The van der Waals surface area contributed by atoms with Crippen LogP contribution in [-0.4, -0.2) is 42.1 Å². The molecule has 94 valence electrons. The van der Waals surface area contributed by atoms with Crippen LogP contribution in [0, 0.1) is 0 Å². The molecule has 0 atom stereocenters. The van der Waals surface area contributed by atoms with E-state index in [9.17, 15) is 0 Å². The number of nitrogens with two attached hydrogens (primary N) is 2. The molecule has 0 aliphatic carbocycles. The van der Waals surface area contributed by atoms with Crippen molar-refractivity contribution in [2.24, 2.45) is 5.73 Å². The number of nitrogens with one attached hydrogen (secondary N) is 1. The molecule has 0 spiro atoms. The molecule has 0 aromatic carbocycles. The average Bonchev–Trinajstić information content (AvgIpc) is 2.35. The Morgan fingerprint density at radius 2 is 2.12 bits per heavy atom. The summed E-state index contributed by atoms with van der Waals surface area (Å²) in [5, 5.41) is 3.45. The molecule has 1 aromatic heterocycles. The molecule has 0 unspecified atom stereocenters. The van der Waals surface area contributed by atoms with Gasteiger partial charge in [0.25, 0.3) is 0 Å². The first kappa shape index (κ1) is 12.1. The number of pyridine rings is 1. The van der Waals surface area contributed by atoms with Crippen molar-refractivity contribution in [3.63, 3.8) is 0 Å². The maximum atomic E-state index is 5.60. The van der Waals surface area contributed by atoms with E-state index in [2.05, 4.69) is 15.2 Å². The number of piperidine rings is 1. The lowest BCUT2D eigenvalue weighted by Crippen LogP contribution is -2.41. The summed E-state index contributed by atoms with van der Waals surface area (Å²) >= 11 is 0. The molecular formula is C12H21N5. The molecule has 0 amide bonds. The fraction of sp³-hybridized carbons (Fsp3) is 0.583. The summed E-state index contributed by atoms with van der Waals surface area (Å²) in [5.41, 5.74) is 11.9. The van der Waals surface area contributed by atoms with Crippen LogP contribution < -0.4 is 16.8 Å². The molecule has 1 aromatic rings. The largest absolute Gasteiger partial charge is 0.397 e. The summed E-state index contributed by atoms with van der Waals surface area (Å²) in [6.07, 6.45) is 3.98. The second kappa shape index (κ2) is 5.84. The van der Waals surface area contributed by atoms with Gasteiger partial charge in [0, 0.05) is 32.2 Å². The third-order valence-electron chi connectivity index (χ3n) is 3.17. The fourth-order valence-electron chi connectivity index (χ4n) is 2.18. The third kappa shape index (κ3) is 3.57. The molecule has 5 nitrogen and oxygen atoms in total. The van der Waals surface area contributed by atoms with Gasteiger partial charge in [-0.05, 0) is 25.0 Å². The highest BCUT2D eigenvalue weighted by molar-refractivity contribution is 5.44. The van der Waals surface area contributed by atoms with E-state index in [0.717, 1.165) is 44.8 Å². The van der Waals surface area contributed by atoms with E-state index in [1.165, 1.54) is 0 Å². The highest BCUT2D eigenvalue weighted by atomic mass is 15.2. The Kier molecular flexibility index (Phi) is 4.17. The van der Waals surface area contributed by atoms with Gasteiger partial charge in [-0.15, -0.1) is 0 Å². The second-order valence-electron chi connectivity index (χ2n) is 4.53. The van der Waals surface area contributed by atoms with Gasteiger partial charge in [0.05, 0.1) is 11.9 Å². The van der Waals surface area contributed by atoms with Gasteiger partial charge in [-0.2, -0.15) is 0 Å². The van der Waals surface area contributed by atoms with Gasteiger partial charge in [-0.3, -0.25) is 0 Å². The number of hydrogen-bond donors (Lipinski definition) is 3. The van der Waals surface area contributed by atoms with E-state index < -0.39 is 0 Å². The predicted molar refractivity (Wildman–Crippen MR) is 70.8 cm³/mol. The maximum absolute atomic E-state index is 5.60. The van der Waals surface area contributed by atoms with Crippen LogP contribution in [0.25, 0.3) is 0 Å². The van der Waals surface area contributed by atoms with Crippen LogP contribution in [-0.2, 0) is 0 Å². The minimum Gasteiger partial charge on any atom is -0.397 e. The Labute approximate surface area is 102 Å². The molecule has 2 heterocycles. The zero-order valence-electron chi connectivity index (χ0n) is 10.1. The average molecular weight is 235 g/mol. The summed E-state index contributed by atoms with van der Waals surface area (Å²) in [6, 6.07) is 4.32. The van der Waals surface area contributed by atoms with Gasteiger partial charge in [-0.25, -0.2) is 4.98 Å². The van der Waals surface area contributed by atoms with Crippen LogP contribution in [0.1, 0.15) is 12.8 Å². The predicted octanol–water partition coefficient (Wildman–Crippen LogP) is 0.499. The van der Waals surface area contributed by atoms with E-state index in [0.29, 0.717) is 11.7 Å². The van der Waals surface area contributed by atoms with Crippen LogP contribution in [0.4, 0.5) is 11.5 Å². The van der Waals surface area contributed by atoms with Crippen molar-refractivity contribution in [1.29, 1.82) is 0 Å². The van der Waals surface area contributed by atoms with E-state index in [1.54, 1.807) is 6.20 Å². The third-order valence-corrected chi connectivity index (χ3v) is 3.17. The Hall–Kier alpha value is -1.33. The molecule has 2 rings (SSSR count). The molecule has 0 saturated carbocycles. The smallest absolute Gasteiger partial charge is 0.126 e. The second-order valence-corrected chi connectivity index (χ2v) is 4.53. The van der Waals surface area contributed by atoms with Crippen LogP contribution in [0.15, 0.2) is 18.3 Å². The molecular weight excluding hydrogens is 214 g/mol. The van der Waals surface area contributed by atoms with E-state index >= 15 is 0 Å². The molecule has 5 N–H and O–H groups in total. The van der Waals surface area contributed by atoms with Gasteiger partial charge in [0.2, 0.25) is 0 Å². The van der Waals surface area contributed by atoms with Gasteiger partial charge in [0.15, 0.2) is 0 Å². The van der Waals surface area contributed by atoms with Gasteiger partial charge in [0.1, 0.15) is 5.82 Å². The monoisotopic (exact) mass is 235 g/mol. The summed E-state index contributed by atoms with van der Waals surface area (Å²) < 4.78 is 0. The van der Waals surface area contributed by atoms with Crippen LogP contribution >= 0.6 is 0 Å². The number of nitrogens with zero attached hydrogens (tertiary/aromatic N) is 2. The van der Waals surface area contributed by atoms with Crippen LogP contribution in [0.5, 0.6) is 0 Å². The Morgan fingerprint density at radius 1 is 1.35 bits per heavy atom. The lowest BCUT2D eigenvalue weighted by molar-refractivity contribution is 0.224. The van der Waals surface area contributed by atoms with Gasteiger partial charge in [-0.1, -0.05) is 0 Å². The summed E-state index contributed by atoms with van der Waals surface area (Å²) in [6.45, 7) is 3.98. The topological polar surface area (TPSA) is 80.2 Å². The minimum atomic E-state index is 0.514. The highest BCUT2D eigenvalue weighted by Crippen LogP contribution is 2.15. The number of aromatic nitrogens is 1.